The second-order valence-electron chi connectivity index (χ2n) is 4.98. The van der Waals surface area contributed by atoms with Crippen LogP contribution in [0.2, 0.25) is 0 Å². The van der Waals surface area contributed by atoms with E-state index in [0.29, 0.717) is 0 Å². The average molecular weight is 252 g/mol. The number of nitrogens with zero attached hydrogens (tertiary/aromatic N) is 4. The van der Waals surface area contributed by atoms with Crippen LogP contribution in [0.15, 0.2) is 12.4 Å². The molecule has 0 amide bonds. The van der Waals surface area contributed by atoms with E-state index in [0.717, 1.165) is 32.4 Å². The van der Waals surface area contributed by atoms with E-state index in [-0.39, 0.29) is 18.0 Å². The first kappa shape index (κ1) is 11.6. The number of imidazole rings is 1. The number of aliphatic hydroxyl groups is 1. The molecule has 7 nitrogen and oxygen atoms in total. The van der Waals surface area contributed by atoms with Crippen LogP contribution in [0.3, 0.4) is 0 Å². The molecule has 2 heterocycles. The molecule has 1 aromatic rings. The number of aromatic nitrogens is 2. The summed E-state index contributed by atoms with van der Waals surface area (Å²) in [7, 11) is 0. The molecule has 1 saturated carbocycles. The van der Waals surface area contributed by atoms with Crippen molar-refractivity contribution in [2.45, 2.75) is 37.5 Å². The molecule has 1 aromatic heterocycles. The Bertz CT molecular complexity index is 457. The molecule has 0 bridgehead atoms. The van der Waals surface area contributed by atoms with Crippen LogP contribution in [-0.4, -0.2) is 49.7 Å². The molecule has 1 aliphatic carbocycles. The van der Waals surface area contributed by atoms with Gasteiger partial charge in [-0.25, -0.2) is 4.57 Å². The quantitative estimate of drug-likeness (QED) is 0.483. The van der Waals surface area contributed by atoms with Gasteiger partial charge in [0.2, 0.25) is 0 Å². The maximum absolute atomic E-state index is 10.9. The molecule has 0 spiro atoms. The summed E-state index contributed by atoms with van der Waals surface area (Å²) in [5.74, 6) is -0.175. The Labute approximate surface area is 104 Å². The van der Waals surface area contributed by atoms with Crippen LogP contribution in [0.5, 0.6) is 0 Å². The Morgan fingerprint density at radius 2 is 2.11 bits per heavy atom. The van der Waals surface area contributed by atoms with E-state index in [9.17, 15) is 15.2 Å². The molecule has 2 fully saturated rings. The van der Waals surface area contributed by atoms with Crippen molar-refractivity contribution in [3.63, 3.8) is 0 Å². The van der Waals surface area contributed by atoms with Crippen LogP contribution >= 0.6 is 0 Å². The van der Waals surface area contributed by atoms with Gasteiger partial charge >= 0.3 is 5.95 Å². The number of aliphatic hydroxyl groups excluding tert-OH is 1. The molecule has 3 rings (SSSR count). The highest BCUT2D eigenvalue weighted by Gasteiger charge is 2.42. The van der Waals surface area contributed by atoms with E-state index in [4.69, 9.17) is 0 Å². The van der Waals surface area contributed by atoms with Gasteiger partial charge in [-0.15, -0.1) is 0 Å². The largest absolute Gasteiger partial charge is 0.434 e. The maximum atomic E-state index is 10.9. The standard InChI is InChI=1S/C11H16N4O3/c16-10-8(13-6-7-13)2-1-3-9(10)14-5-4-12-11(14)15(17)18/h4-5,8-10,16H,1-3,6-7H2/t8-,9-,10+/m0/s1. The average Bonchev–Trinajstić information content (AvgIpc) is 3.06. The van der Waals surface area contributed by atoms with Crippen molar-refractivity contribution in [3.8, 4) is 0 Å². The summed E-state index contributed by atoms with van der Waals surface area (Å²) in [6.07, 6.45) is 5.19. The molecule has 7 heteroatoms. The van der Waals surface area contributed by atoms with Crippen molar-refractivity contribution >= 4 is 5.95 Å². The summed E-state index contributed by atoms with van der Waals surface area (Å²) in [5.41, 5.74) is 0. The van der Waals surface area contributed by atoms with Gasteiger partial charge in [0.1, 0.15) is 24.5 Å². The van der Waals surface area contributed by atoms with Crippen molar-refractivity contribution < 1.29 is 10.0 Å². The Morgan fingerprint density at radius 1 is 1.39 bits per heavy atom. The van der Waals surface area contributed by atoms with E-state index in [1.165, 1.54) is 10.8 Å². The molecule has 98 valence electrons. The molecule has 1 N–H and O–H groups in total. The molecule has 0 unspecified atom stereocenters. The topological polar surface area (TPSA) is 84.2 Å². The highest BCUT2D eigenvalue weighted by molar-refractivity contribution is 5.11. The zero-order chi connectivity index (χ0) is 12.7. The molecular weight excluding hydrogens is 236 g/mol. The fourth-order valence-electron chi connectivity index (χ4n) is 2.93. The summed E-state index contributed by atoms with van der Waals surface area (Å²) in [4.78, 5) is 16.4. The fourth-order valence-corrected chi connectivity index (χ4v) is 2.93. The van der Waals surface area contributed by atoms with Gasteiger partial charge in [-0.2, -0.15) is 0 Å². The zero-order valence-corrected chi connectivity index (χ0v) is 9.97. The van der Waals surface area contributed by atoms with Gasteiger partial charge < -0.3 is 15.2 Å². The number of hydrogen-bond acceptors (Lipinski definition) is 5. The van der Waals surface area contributed by atoms with Gasteiger partial charge in [-0.1, -0.05) is 4.98 Å². The summed E-state index contributed by atoms with van der Waals surface area (Å²) in [6, 6.07) is -0.0852. The van der Waals surface area contributed by atoms with Gasteiger partial charge in [0.25, 0.3) is 0 Å². The third-order valence-corrected chi connectivity index (χ3v) is 3.91. The SMILES string of the molecule is O=[N+]([O-])c1nccn1[C@H]1CCC[C@H](N2CC2)[C@H]1O. The minimum absolute atomic E-state index is 0.144. The highest BCUT2D eigenvalue weighted by Crippen LogP contribution is 2.35. The van der Waals surface area contributed by atoms with E-state index in [1.54, 1.807) is 6.20 Å². The molecule has 1 aliphatic heterocycles. The van der Waals surface area contributed by atoms with Crippen molar-refractivity contribution in [1.82, 2.24) is 14.5 Å². The normalized spacial score (nSPS) is 32.4. The first-order valence-corrected chi connectivity index (χ1v) is 6.28. The molecule has 1 saturated heterocycles. The summed E-state index contributed by atoms with van der Waals surface area (Å²) < 4.78 is 1.51. The molecule has 0 radical (unpaired) electrons. The van der Waals surface area contributed by atoms with Crippen LogP contribution in [0.4, 0.5) is 5.95 Å². The van der Waals surface area contributed by atoms with Crippen molar-refractivity contribution in [3.05, 3.63) is 22.5 Å². The van der Waals surface area contributed by atoms with Crippen molar-refractivity contribution in [1.29, 1.82) is 0 Å². The van der Waals surface area contributed by atoms with Crippen LogP contribution < -0.4 is 0 Å². The maximum Gasteiger partial charge on any atom is 0.434 e. The summed E-state index contributed by atoms with van der Waals surface area (Å²) in [6.45, 7) is 2.06. The van der Waals surface area contributed by atoms with E-state index >= 15 is 0 Å². The lowest BCUT2D eigenvalue weighted by molar-refractivity contribution is -0.397. The minimum atomic E-state index is -0.547. The van der Waals surface area contributed by atoms with Gasteiger partial charge in [0, 0.05) is 19.1 Å². The molecule has 18 heavy (non-hydrogen) atoms. The van der Waals surface area contributed by atoms with Crippen LogP contribution in [-0.2, 0) is 0 Å². The first-order valence-electron chi connectivity index (χ1n) is 6.28. The van der Waals surface area contributed by atoms with Gasteiger partial charge in [0.05, 0.1) is 0 Å². The predicted molar refractivity (Wildman–Crippen MR) is 63.1 cm³/mol. The van der Waals surface area contributed by atoms with Crippen LogP contribution in [0.25, 0.3) is 0 Å². The second kappa shape index (κ2) is 4.33. The third kappa shape index (κ3) is 1.89. The van der Waals surface area contributed by atoms with Gasteiger partial charge in [0.15, 0.2) is 0 Å². The Balaban J connectivity index is 1.85. The first-order chi connectivity index (χ1) is 8.68. The minimum Gasteiger partial charge on any atom is -0.390 e. The fraction of sp³-hybridized carbons (Fsp3) is 0.727. The molecule has 0 aromatic carbocycles. The van der Waals surface area contributed by atoms with E-state index in [1.807, 2.05) is 0 Å². The lowest BCUT2D eigenvalue weighted by Crippen LogP contribution is -2.43. The Kier molecular flexibility index (Phi) is 2.79. The third-order valence-electron chi connectivity index (χ3n) is 3.91. The zero-order valence-electron chi connectivity index (χ0n) is 9.97. The smallest absolute Gasteiger partial charge is 0.390 e. The van der Waals surface area contributed by atoms with Crippen LogP contribution in [0.1, 0.15) is 25.3 Å². The van der Waals surface area contributed by atoms with Gasteiger partial charge in [-0.3, -0.25) is 4.90 Å². The number of hydrogen-bond donors (Lipinski definition) is 1. The van der Waals surface area contributed by atoms with E-state index < -0.39 is 11.0 Å². The van der Waals surface area contributed by atoms with E-state index in [2.05, 4.69) is 9.88 Å². The summed E-state index contributed by atoms with van der Waals surface area (Å²) in [5, 5.41) is 21.3. The van der Waals surface area contributed by atoms with Crippen LogP contribution in [0, 0.1) is 10.1 Å². The molecular formula is C11H16N4O3. The van der Waals surface area contributed by atoms with Crippen molar-refractivity contribution in [2.24, 2.45) is 0 Å². The lowest BCUT2D eigenvalue weighted by Gasteiger charge is -2.34. The highest BCUT2D eigenvalue weighted by atomic mass is 16.6. The number of rotatable bonds is 3. The van der Waals surface area contributed by atoms with Gasteiger partial charge in [-0.05, 0) is 24.2 Å². The molecule has 3 atom stereocenters. The Hall–Kier alpha value is -1.47. The van der Waals surface area contributed by atoms with Crippen molar-refractivity contribution in [2.75, 3.05) is 13.1 Å². The monoisotopic (exact) mass is 252 g/mol. The predicted octanol–water partition coefficient (Wildman–Crippen LogP) is 0.561. The Morgan fingerprint density at radius 3 is 2.78 bits per heavy atom. The lowest BCUT2D eigenvalue weighted by atomic mass is 9.88. The number of nitro groups is 1. The summed E-state index contributed by atoms with van der Waals surface area (Å²) >= 11 is 0. The molecule has 2 aliphatic rings. The second-order valence-corrected chi connectivity index (χ2v) is 4.98.